The second kappa shape index (κ2) is 23.8. The van der Waals surface area contributed by atoms with Crippen LogP contribution in [0.2, 0.25) is 0 Å². The molecule has 0 radical (unpaired) electrons. The fourth-order valence-electron chi connectivity index (χ4n) is 9.40. The van der Waals surface area contributed by atoms with Crippen molar-refractivity contribution in [1.29, 1.82) is 0 Å². The lowest BCUT2D eigenvalue weighted by molar-refractivity contribution is -0.139. The van der Waals surface area contributed by atoms with Gasteiger partial charge in [-0.2, -0.15) is 36.5 Å². The predicted molar refractivity (Wildman–Crippen MR) is 282 cm³/mol. The number of nitrogens with zero attached hydrogens (tertiary/aromatic N) is 7. The third-order valence-corrected chi connectivity index (χ3v) is 13.9. The lowest BCUT2D eigenvalue weighted by Crippen LogP contribution is -2.40. The highest BCUT2D eigenvalue weighted by Crippen LogP contribution is 2.40. The number of aromatic amines is 2. The molecule has 8 heterocycles. The Bertz CT molecular complexity index is 3560. The van der Waals surface area contributed by atoms with Gasteiger partial charge in [-0.1, -0.05) is 0 Å². The van der Waals surface area contributed by atoms with E-state index in [0.717, 1.165) is 130 Å². The number of carbonyl (C=O) groups excluding carboxylic acids is 3. The molecule has 3 amide bonds. The molecule has 6 aromatic heterocycles. The molecule has 12 rings (SSSR count). The van der Waals surface area contributed by atoms with Crippen LogP contribution < -0.4 is 25.4 Å². The molecule has 6 N–H and O–H groups in total. The van der Waals surface area contributed by atoms with Gasteiger partial charge in [-0.25, -0.2) is 19.9 Å². The second-order valence-electron chi connectivity index (χ2n) is 19.9. The summed E-state index contributed by atoms with van der Waals surface area (Å²) in [5, 5.41) is 32.7. The first-order valence-corrected chi connectivity index (χ1v) is 26.1. The molecular weight excluding hydrogens is 1070 g/mol. The Kier molecular flexibility index (Phi) is 16.2. The van der Waals surface area contributed by atoms with Gasteiger partial charge in [0.15, 0.2) is 11.3 Å². The van der Waals surface area contributed by atoms with Crippen molar-refractivity contribution in [2.75, 3.05) is 36.8 Å². The average Bonchev–Trinajstić information content (AvgIpc) is 4.48. The molecule has 2 saturated heterocycles. The zero-order valence-electron chi connectivity index (χ0n) is 43.0. The first-order valence-electron chi connectivity index (χ1n) is 26.1. The number of halogens is 6. The van der Waals surface area contributed by atoms with Crippen LogP contribution in [0.15, 0.2) is 110 Å². The molecule has 2 aromatic carbocycles. The summed E-state index contributed by atoms with van der Waals surface area (Å²) in [6, 6.07) is 19.2. The first kappa shape index (κ1) is 55.3. The molecule has 4 fully saturated rings. The van der Waals surface area contributed by atoms with E-state index in [4.69, 9.17) is 14.6 Å². The first-order chi connectivity index (χ1) is 38.9. The molecule has 25 heteroatoms. The van der Waals surface area contributed by atoms with Crippen molar-refractivity contribution in [1.82, 2.24) is 50.5 Å². The normalized spacial score (nSPS) is 17.2. The van der Waals surface area contributed by atoms with Crippen LogP contribution in [0.3, 0.4) is 0 Å². The molecule has 81 heavy (non-hydrogen) atoms. The molecule has 2 aliphatic heterocycles. The van der Waals surface area contributed by atoms with Crippen LogP contribution in [0.1, 0.15) is 106 Å². The predicted octanol–water partition coefficient (Wildman–Crippen LogP) is 10.9. The fourth-order valence-corrected chi connectivity index (χ4v) is 9.40. The van der Waals surface area contributed by atoms with E-state index in [-0.39, 0.29) is 52.3 Å². The Balaban J connectivity index is 0.000000166. The van der Waals surface area contributed by atoms with Crippen molar-refractivity contribution in [2.45, 2.75) is 75.6 Å². The largest absolute Gasteiger partial charge is 0.481 e. The SMILES string of the molecule is O=C(Nc1cc(C(F)(F)F)ccn1)c1ccc(Oc2ccnc3n[nH]c(C4CCCN(C(=O)C5CC5)C4)c23)cc1.O=C(Nc1cc(C(F)(F)F)ccn1)c1ccc(Oc2ccnc3n[nH]c(C4CCCNC4)c23)cc1.O=C(O)C1CC1. The van der Waals surface area contributed by atoms with Gasteiger partial charge in [-0.05, 0) is 143 Å². The number of ether oxygens (including phenoxy) is 2. The number of anilines is 2. The van der Waals surface area contributed by atoms with E-state index in [1.165, 1.54) is 24.3 Å². The summed E-state index contributed by atoms with van der Waals surface area (Å²) < 4.78 is 89.8. The number of pyridine rings is 4. The maximum Gasteiger partial charge on any atom is 0.416 e. The molecule has 2 aliphatic carbocycles. The van der Waals surface area contributed by atoms with Crippen molar-refractivity contribution in [3.05, 3.63) is 143 Å². The number of carboxylic acid groups (broad SMARTS) is 1. The highest BCUT2D eigenvalue weighted by Gasteiger charge is 2.37. The Labute approximate surface area is 457 Å². The number of nitrogens with one attached hydrogen (secondary N) is 5. The Hall–Kier alpha value is -9.00. The van der Waals surface area contributed by atoms with E-state index >= 15 is 0 Å². The summed E-state index contributed by atoms with van der Waals surface area (Å²) in [5.41, 5.74) is 1.58. The van der Waals surface area contributed by atoms with E-state index in [1.54, 1.807) is 48.8 Å². The third kappa shape index (κ3) is 13.7. The van der Waals surface area contributed by atoms with Gasteiger partial charge in [0, 0.05) is 73.3 Å². The van der Waals surface area contributed by atoms with Crippen molar-refractivity contribution < 1.29 is 60.1 Å². The molecule has 19 nitrogen and oxygen atoms in total. The quantitative estimate of drug-likeness (QED) is 0.0623. The molecule has 420 valence electrons. The number of hydrogen-bond donors (Lipinski definition) is 6. The number of amides is 3. The highest BCUT2D eigenvalue weighted by molar-refractivity contribution is 6.04. The van der Waals surface area contributed by atoms with Gasteiger partial charge in [0.25, 0.3) is 11.8 Å². The third-order valence-electron chi connectivity index (χ3n) is 13.9. The van der Waals surface area contributed by atoms with Crippen LogP contribution in [0, 0.1) is 11.8 Å². The molecule has 2 unspecified atom stereocenters. The van der Waals surface area contributed by atoms with Gasteiger partial charge in [-0.3, -0.25) is 29.4 Å². The molecule has 2 atom stereocenters. The molecular formula is C56H52F6N12O7. The molecule has 4 aliphatic rings. The standard InChI is InChI=1S/C28H25F3N6O3.C24H21F3N6O2.C4H6O2/c29-28(30,31)19-9-11-32-22(14-19)34-26(38)16-5-7-20(8-6-16)40-21-10-12-33-25-23(21)24(35-36-25)18-2-1-13-37(15-18)27(39)17-3-4-17;25-24(26,27)16-7-10-29-19(12-16)31-23(34)14-3-5-17(6-4-14)35-18-8-11-30-22-20(18)21(32-33-22)15-2-1-9-28-13-15;5-4(6)3-1-2-3/h5-12,14,17-18H,1-4,13,15H2,(H,32,34,38)(H,33,35,36);3-8,10-12,15,28H,1-2,9,13H2,(H,29,31,34)(H,30,32,33);3H,1-2H2,(H,5,6). The number of piperidine rings is 2. The molecule has 0 bridgehead atoms. The summed E-state index contributed by atoms with van der Waals surface area (Å²) >= 11 is 0. The number of H-pyrrole nitrogens is 2. The maximum absolute atomic E-state index is 13.0. The Morgan fingerprint density at radius 1 is 0.580 bits per heavy atom. The number of likely N-dealkylation sites (tertiary alicyclic amines) is 1. The minimum Gasteiger partial charge on any atom is -0.481 e. The van der Waals surface area contributed by atoms with E-state index in [2.05, 4.69) is 56.3 Å². The number of fused-ring (bicyclic) bond motifs is 2. The van der Waals surface area contributed by atoms with Crippen LogP contribution in [0.5, 0.6) is 23.0 Å². The smallest absolute Gasteiger partial charge is 0.416 e. The minimum atomic E-state index is -4.54. The number of carbonyl (C=O) groups is 4. The zero-order chi connectivity index (χ0) is 56.8. The monoisotopic (exact) mass is 1120 g/mol. The van der Waals surface area contributed by atoms with E-state index in [0.29, 0.717) is 40.8 Å². The number of alkyl halides is 6. The van der Waals surface area contributed by atoms with Gasteiger partial charge in [-0.15, -0.1) is 0 Å². The molecule has 0 spiro atoms. The fraction of sp³-hybridized carbons (Fsp3) is 0.321. The number of rotatable bonds is 12. The summed E-state index contributed by atoms with van der Waals surface area (Å²) in [5.74, 6) is 0.615. The number of aliphatic carboxylic acids is 1. The zero-order valence-corrected chi connectivity index (χ0v) is 43.0. The van der Waals surface area contributed by atoms with Crippen molar-refractivity contribution >= 4 is 57.4 Å². The summed E-state index contributed by atoms with van der Waals surface area (Å²) in [6.07, 6.45) is 3.78. The minimum absolute atomic E-state index is 0.0185. The van der Waals surface area contributed by atoms with Crippen LogP contribution in [-0.2, 0) is 21.9 Å². The average molecular weight is 1120 g/mol. The number of hydrogen-bond acceptors (Lipinski definition) is 13. The van der Waals surface area contributed by atoms with Crippen molar-refractivity contribution in [3.8, 4) is 23.0 Å². The van der Waals surface area contributed by atoms with Crippen molar-refractivity contribution in [3.63, 3.8) is 0 Å². The summed E-state index contributed by atoms with van der Waals surface area (Å²) in [6.45, 7) is 3.22. The second-order valence-corrected chi connectivity index (χ2v) is 19.9. The highest BCUT2D eigenvalue weighted by atomic mass is 19.4. The number of carboxylic acids is 1. The molecule has 8 aromatic rings. The van der Waals surface area contributed by atoms with Gasteiger partial charge >= 0.3 is 18.3 Å². The number of aromatic nitrogens is 8. The van der Waals surface area contributed by atoms with Crippen molar-refractivity contribution in [2.24, 2.45) is 11.8 Å². The van der Waals surface area contributed by atoms with Gasteiger partial charge in [0.1, 0.15) is 34.6 Å². The maximum atomic E-state index is 13.0. The topological polar surface area (TPSA) is 255 Å². The Morgan fingerprint density at radius 2 is 1.05 bits per heavy atom. The Morgan fingerprint density at radius 3 is 1.48 bits per heavy atom. The van der Waals surface area contributed by atoms with Crippen LogP contribution in [0.4, 0.5) is 38.0 Å². The summed E-state index contributed by atoms with van der Waals surface area (Å²) in [7, 11) is 0. The number of benzene rings is 2. The van der Waals surface area contributed by atoms with Crippen LogP contribution >= 0.6 is 0 Å². The van der Waals surface area contributed by atoms with E-state index in [1.807, 2.05) is 4.90 Å². The lowest BCUT2D eigenvalue weighted by atomic mass is 9.92. The van der Waals surface area contributed by atoms with Crippen LogP contribution in [-0.4, -0.2) is 100 Å². The van der Waals surface area contributed by atoms with E-state index < -0.39 is 41.3 Å². The van der Waals surface area contributed by atoms with Gasteiger partial charge < -0.3 is 35.4 Å². The van der Waals surface area contributed by atoms with Gasteiger partial charge in [0.2, 0.25) is 5.91 Å². The van der Waals surface area contributed by atoms with E-state index in [9.17, 15) is 45.5 Å². The summed E-state index contributed by atoms with van der Waals surface area (Å²) in [4.78, 5) is 65.8. The van der Waals surface area contributed by atoms with Gasteiger partial charge in [0.05, 0.1) is 39.2 Å². The molecule has 2 saturated carbocycles. The lowest BCUT2D eigenvalue weighted by Gasteiger charge is -2.32. The van der Waals surface area contributed by atoms with Crippen LogP contribution in [0.25, 0.3) is 22.1 Å².